The Hall–Kier alpha value is -3.02. The van der Waals surface area contributed by atoms with Gasteiger partial charge in [0.25, 0.3) is 0 Å². The highest BCUT2D eigenvalue weighted by atomic mass is 16.7. The molecule has 0 saturated heterocycles. The summed E-state index contributed by atoms with van der Waals surface area (Å²) in [6.07, 6.45) is 47.1. The Morgan fingerprint density at radius 2 is 0.855 bits per heavy atom. The number of carbonyl (C=O) groups excluding carboxylic acids is 4. The van der Waals surface area contributed by atoms with Crippen LogP contribution in [0.25, 0.3) is 0 Å². The van der Waals surface area contributed by atoms with Crippen molar-refractivity contribution in [1.29, 1.82) is 0 Å². The van der Waals surface area contributed by atoms with Gasteiger partial charge in [-0.15, -0.1) is 0 Å². The summed E-state index contributed by atoms with van der Waals surface area (Å²) in [7, 11) is 0. The monoisotopic (exact) mass is 976 g/mol. The van der Waals surface area contributed by atoms with Crippen LogP contribution < -0.4 is 5.73 Å². The lowest BCUT2D eigenvalue weighted by Gasteiger charge is -2.18. The van der Waals surface area contributed by atoms with Gasteiger partial charge in [0.15, 0.2) is 12.4 Å². The van der Waals surface area contributed by atoms with Gasteiger partial charge < -0.3 is 34.9 Å². The molecule has 0 fully saturated rings. The zero-order valence-electron chi connectivity index (χ0n) is 44.5. The molecular weight excluding hydrogens is 871 g/mol. The van der Waals surface area contributed by atoms with Crippen LogP contribution in [0.4, 0.5) is 4.79 Å². The summed E-state index contributed by atoms with van der Waals surface area (Å²) in [4.78, 5) is 49.5. The van der Waals surface area contributed by atoms with Crippen molar-refractivity contribution in [3.8, 4) is 0 Å². The number of Topliss-reactive ketones (excluding diaryl/α,β-unsaturated/α-hetero) is 1. The maximum Gasteiger partial charge on any atom is 0.404 e. The minimum absolute atomic E-state index is 0.0690. The summed E-state index contributed by atoms with van der Waals surface area (Å²) in [5.74, 6) is -0.875. The van der Waals surface area contributed by atoms with Crippen LogP contribution in [-0.2, 0) is 33.3 Å². The number of esters is 2. The van der Waals surface area contributed by atoms with Gasteiger partial charge in [-0.2, -0.15) is 0 Å². The van der Waals surface area contributed by atoms with Gasteiger partial charge in [-0.25, -0.2) is 4.79 Å². The van der Waals surface area contributed by atoms with Crippen molar-refractivity contribution in [2.75, 3.05) is 13.2 Å². The van der Waals surface area contributed by atoms with Crippen molar-refractivity contribution >= 4 is 23.8 Å². The van der Waals surface area contributed by atoms with Crippen LogP contribution in [0.3, 0.4) is 0 Å². The molecule has 0 aliphatic rings. The van der Waals surface area contributed by atoms with Gasteiger partial charge in [0.1, 0.15) is 12.7 Å². The Balaban J connectivity index is 4.61. The zero-order valence-corrected chi connectivity index (χ0v) is 44.5. The molecule has 402 valence electrons. The fourth-order valence-electron chi connectivity index (χ4n) is 8.20. The summed E-state index contributed by atoms with van der Waals surface area (Å²) in [5, 5.41) is 20.3. The highest BCUT2D eigenvalue weighted by Gasteiger charge is 2.19. The molecule has 0 aliphatic carbocycles. The lowest BCUT2D eigenvalue weighted by Crippen LogP contribution is -2.30. The van der Waals surface area contributed by atoms with E-state index >= 15 is 0 Å². The van der Waals surface area contributed by atoms with E-state index < -0.39 is 18.4 Å². The van der Waals surface area contributed by atoms with Crippen LogP contribution in [0.5, 0.6) is 0 Å². The minimum atomic E-state index is -1.13. The number of aliphatic hydroxyl groups excluding tert-OH is 2. The summed E-state index contributed by atoms with van der Waals surface area (Å²) >= 11 is 0. The van der Waals surface area contributed by atoms with Crippen molar-refractivity contribution in [2.24, 2.45) is 5.73 Å². The Morgan fingerprint density at radius 1 is 0.449 bits per heavy atom. The van der Waals surface area contributed by atoms with Crippen molar-refractivity contribution in [1.82, 2.24) is 0 Å². The fraction of sp³-hybridized carbons (Fsp3) is 0.828. The topological polar surface area (TPSA) is 172 Å². The molecule has 1 amide bonds. The molecule has 11 nitrogen and oxygen atoms in total. The quantitative estimate of drug-likeness (QED) is 0.0175. The van der Waals surface area contributed by atoms with Crippen LogP contribution in [0, 0.1) is 0 Å². The van der Waals surface area contributed by atoms with Crippen LogP contribution in [0.15, 0.2) is 36.5 Å². The third kappa shape index (κ3) is 49.7. The van der Waals surface area contributed by atoms with Gasteiger partial charge in [-0.1, -0.05) is 186 Å². The maximum atomic E-state index is 12.9. The van der Waals surface area contributed by atoms with E-state index in [0.29, 0.717) is 25.7 Å². The maximum absolute atomic E-state index is 12.9. The average Bonchev–Trinajstić information content (AvgIpc) is 3.32. The number of ketones is 1. The van der Waals surface area contributed by atoms with E-state index in [0.717, 1.165) is 167 Å². The molecule has 0 spiro atoms. The number of amides is 1. The molecule has 69 heavy (non-hydrogen) atoms. The molecule has 4 atom stereocenters. The van der Waals surface area contributed by atoms with Crippen LogP contribution >= 0.6 is 0 Å². The molecule has 0 aromatic heterocycles. The first-order valence-corrected chi connectivity index (χ1v) is 28.4. The first kappa shape index (κ1) is 66.0. The summed E-state index contributed by atoms with van der Waals surface area (Å²) < 4.78 is 22.1. The van der Waals surface area contributed by atoms with Crippen LogP contribution in [0.2, 0.25) is 0 Å². The smallest absolute Gasteiger partial charge is 0.404 e. The standard InChI is InChI=1S/C58H105NO10/c1-4-7-10-31-40-51(60)42-33-25-19-13-14-21-27-35-44-53(62)49-67-57(50-66-55(63)47-38-29-23-17-15-20-26-34-43-52(61)41-32-11-8-5-2)69-56(64)48-39-30-24-18-16-22-28-37-46-54(68-58(59)65)45-36-12-9-6-3/h25-26,28,33-34,37,51-52,54,57,60-61H,4-24,27,29-32,35-36,38-50H2,1-3H3,(H2,59,65)/b33-25+,34-26+,37-28+. The summed E-state index contributed by atoms with van der Waals surface area (Å²) in [5.41, 5.74) is 5.27. The largest absolute Gasteiger partial charge is 0.459 e. The second kappa shape index (κ2) is 51.3. The molecule has 4 unspecified atom stereocenters. The van der Waals surface area contributed by atoms with E-state index in [9.17, 15) is 29.4 Å². The van der Waals surface area contributed by atoms with Gasteiger partial charge in [0.2, 0.25) is 6.29 Å². The molecule has 0 heterocycles. The first-order valence-electron chi connectivity index (χ1n) is 28.4. The highest BCUT2D eigenvalue weighted by Crippen LogP contribution is 2.16. The summed E-state index contributed by atoms with van der Waals surface area (Å²) in [6, 6.07) is 0. The second-order valence-electron chi connectivity index (χ2n) is 19.4. The molecule has 4 N–H and O–H groups in total. The molecule has 0 aromatic carbocycles. The van der Waals surface area contributed by atoms with Crippen molar-refractivity contribution in [3.05, 3.63) is 36.5 Å². The predicted octanol–water partition coefficient (Wildman–Crippen LogP) is 15.1. The molecule has 0 bridgehead atoms. The molecule has 0 rings (SSSR count). The number of primary amides is 1. The molecular formula is C58H105NO10. The van der Waals surface area contributed by atoms with E-state index in [1.54, 1.807) is 0 Å². The van der Waals surface area contributed by atoms with E-state index in [4.69, 9.17) is 24.7 Å². The van der Waals surface area contributed by atoms with E-state index in [1.165, 1.54) is 44.9 Å². The normalized spacial score (nSPS) is 13.6. The molecule has 0 aromatic rings. The van der Waals surface area contributed by atoms with Crippen LogP contribution in [-0.4, -0.2) is 71.8 Å². The van der Waals surface area contributed by atoms with Gasteiger partial charge in [-0.05, 0) is 96.3 Å². The SMILES string of the molecule is CCCCCCC(O)C/C=C/CCCCCCCC(=O)COC(COC(=O)CCCCCCC/C=C/CC(O)CCCCCC)OC(=O)CCCCCCC/C=C/CC(CCCCCC)OC(N)=O. The first-order chi connectivity index (χ1) is 33.6. The Bertz CT molecular complexity index is 1220. The number of hydrogen-bond donors (Lipinski definition) is 3. The van der Waals surface area contributed by atoms with E-state index in [2.05, 4.69) is 57.2 Å². The predicted molar refractivity (Wildman–Crippen MR) is 283 cm³/mol. The van der Waals surface area contributed by atoms with Gasteiger partial charge in [0.05, 0.1) is 12.2 Å². The van der Waals surface area contributed by atoms with Gasteiger partial charge >= 0.3 is 18.0 Å². The fourth-order valence-corrected chi connectivity index (χ4v) is 8.20. The second-order valence-corrected chi connectivity index (χ2v) is 19.4. The van der Waals surface area contributed by atoms with Crippen molar-refractivity contribution in [2.45, 2.75) is 296 Å². The lowest BCUT2D eigenvalue weighted by molar-refractivity contribution is -0.195. The number of carbonyl (C=O) groups is 4. The molecule has 0 saturated carbocycles. The molecule has 11 heteroatoms. The number of rotatable bonds is 52. The Labute approximate surface area is 422 Å². The van der Waals surface area contributed by atoms with E-state index in [-0.39, 0.29) is 56.1 Å². The number of allylic oxidation sites excluding steroid dienone is 3. The number of hydrogen-bond acceptors (Lipinski definition) is 10. The number of nitrogens with two attached hydrogens (primary N) is 1. The average molecular weight is 976 g/mol. The minimum Gasteiger partial charge on any atom is -0.459 e. The Morgan fingerprint density at radius 3 is 1.33 bits per heavy atom. The zero-order chi connectivity index (χ0) is 50.7. The van der Waals surface area contributed by atoms with Crippen molar-refractivity contribution in [3.63, 3.8) is 0 Å². The Kier molecular flexibility index (Phi) is 49.1. The third-order valence-electron chi connectivity index (χ3n) is 12.6. The highest BCUT2D eigenvalue weighted by molar-refractivity contribution is 5.79. The van der Waals surface area contributed by atoms with Gasteiger partial charge in [0, 0.05) is 25.7 Å². The van der Waals surface area contributed by atoms with Crippen molar-refractivity contribution < 1.29 is 48.3 Å². The summed E-state index contributed by atoms with van der Waals surface area (Å²) in [6.45, 7) is 6.11. The number of ether oxygens (including phenoxy) is 4. The molecule has 0 aliphatic heterocycles. The lowest BCUT2D eigenvalue weighted by atomic mass is 10.1. The number of aliphatic hydroxyl groups is 2. The van der Waals surface area contributed by atoms with Gasteiger partial charge in [-0.3, -0.25) is 14.4 Å². The number of unbranched alkanes of at least 4 members (excludes halogenated alkanes) is 24. The van der Waals surface area contributed by atoms with Crippen LogP contribution in [0.1, 0.15) is 271 Å². The third-order valence-corrected chi connectivity index (χ3v) is 12.6. The van der Waals surface area contributed by atoms with E-state index in [1.807, 2.05) is 0 Å². The molecule has 0 radical (unpaired) electrons.